The maximum absolute atomic E-state index is 5.99. The van der Waals surface area contributed by atoms with Gasteiger partial charge in [0.15, 0.2) is 5.96 Å². The van der Waals surface area contributed by atoms with E-state index in [4.69, 9.17) is 14.5 Å². The minimum absolute atomic E-state index is 0. The van der Waals surface area contributed by atoms with E-state index >= 15 is 0 Å². The van der Waals surface area contributed by atoms with Crippen molar-refractivity contribution < 1.29 is 9.47 Å². The molecule has 2 aliphatic heterocycles. The first kappa shape index (κ1) is 20.2. The topological polar surface area (TPSA) is 46.1 Å². The fraction of sp³-hybridized carbons (Fsp3) is 0.944. The van der Waals surface area contributed by atoms with Crippen LogP contribution in [-0.4, -0.2) is 63.0 Å². The lowest BCUT2D eigenvalue weighted by Gasteiger charge is -2.25. The summed E-state index contributed by atoms with van der Waals surface area (Å²) >= 11 is 0. The lowest BCUT2D eigenvalue weighted by atomic mass is 9.87. The third-order valence-corrected chi connectivity index (χ3v) is 5.52. The van der Waals surface area contributed by atoms with E-state index in [-0.39, 0.29) is 24.0 Å². The molecule has 0 aromatic heterocycles. The lowest BCUT2D eigenvalue weighted by Crippen LogP contribution is -2.41. The number of aliphatic imine (C=N–C) groups is 1. The first-order chi connectivity index (χ1) is 11.3. The van der Waals surface area contributed by atoms with Crippen LogP contribution in [0.25, 0.3) is 0 Å². The summed E-state index contributed by atoms with van der Waals surface area (Å²) < 4.78 is 11.6. The van der Waals surface area contributed by atoms with Crippen LogP contribution in [-0.2, 0) is 9.47 Å². The van der Waals surface area contributed by atoms with Crippen LogP contribution in [0.4, 0.5) is 0 Å². The average Bonchev–Trinajstić information content (AvgIpc) is 3.22. The first-order valence-corrected chi connectivity index (χ1v) is 9.54. The van der Waals surface area contributed by atoms with Crippen molar-refractivity contribution in [2.24, 2.45) is 10.4 Å². The molecule has 0 radical (unpaired) electrons. The predicted molar refractivity (Wildman–Crippen MR) is 108 cm³/mol. The zero-order chi connectivity index (χ0) is 16.0. The molecule has 5 nitrogen and oxygen atoms in total. The number of rotatable bonds is 5. The Morgan fingerprint density at radius 1 is 1.29 bits per heavy atom. The minimum Gasteiger partial charge on any atom is -0.381 e. The molecule has 1 aliphatic carbocycles. The van der Waals surface area contributed by atoms with Gasteiger partial charge in [0.1, 0.15) is 0 Å². The van der Waals surface area contributed by atoms with Crippen LogP contribution < -0.4 is 5.32 Å². The Balaban J connectivity index is 0.00000208. The zero-order valence-electron chi connectivity index (χ0n) is 15.1. The van der Waals surface area contributed by atoms with Crippen LogP contribution >= 0.6 is 24.0 Å². The number of nitrogens with zero attached hydrogens (tertiary/aromatic N) is 2. The van der Waals surface area contributed by atoms with E-state index in [1.165, 1.54) is 44.9 Å². The Kier molecular flexibility index (Phi) is 8.57. The molecule has 24 heavy (non-hydrogen) atoms. The second kappa shape index (κ2) is 10.2. The number of hydrogen-bond donors (Lipinski definition) is 1. The molecule has 1 spiro atoms. The Morgan fingerprint density at radius 3 is 2.83 bits per heavy atom. The SMILES string of the molecule is CCNC(=NCCOC1CCCCC1)N1CCC2(CCOC2)C1.I. The van der Waals surface area contributed by atoms with Crippen molar-refractivity contribution in [3.05, 3.63) is 0 Å². The molecule has 0 aromatic carbocycles. The van der Waals surface area contributed by atoms with Crippen molar-refractivity contribution >= 4 is 29.9 Å². The van der Waals surface area contributed by atoms with E-state index < -0.39 is 0 Å². The van der Waals surface area contributed by atoms with E-state index in [0.29, 0.717) is 11.5 Å². The number of guanidine groups is 1. The lowest BCUT2D eigenvalue weighted by molar-refractivity contribution is 0.0334. The van der Waals surface area contributed by atoms with Gasteiger partial charge in [0, 0.05) is 31.7 Å². The molecule has 1 saturated carbocycles. The van der Waals surface area contributed by atoms with Gasteiger partial charge in [-0.05, 0) is 32.6 Å². The fourth-order valence-corrected chi connectivity index (χ4v) is 4.12. The molecule has 140 valence electrons. The largest absolute Gasteiger partial charge is 0.381 e. The summed E-state index contributed by atoms with van der Waals surface area (Å²) in [5.74, 6) is 1.06. The van der Waals surface area contributed by atoms with Gasteiger partial charge in [0.05, 0.1) is 25.9 Å². The van der Waals surface area contributed by atoms with Gasteiger partial charge in [-0.25, -0.2) is 0 Å². The van der Waals surface area contributed by atoms with Crippen molar-refractivity contribution in [3.63, 3.8) is 0 Å². The van der Waals surface area contributed by atoms with Crippen molar-refractivity contribution in [2.45, 2.75) is 58.0 Å². The molecular weight excluding hydrogens is 417 g/mol. The van der Waals surface area contributed by atoms with Gasteiger partial charge in [-0.2, -0.15) is 0 Å². The van der Waals surface area contributed by atoms with Crippen LogP contribution in [0, 0.1) is 5.41 Å². The Labute approximate surface area is 164 Å². The Hall–Kier alpha value is -0.0800. The first-order valence-electron chi connectivity index (χ1n) is 9.54. The number of likely N-dealkylation sites (tertiary alicyclic amines) is 1. The van der Waals surface area contributed by atoms with E-state index in [1.54, 1.807) is 0 Å². The molecule has 3 aliphatic rings. The molecule has 0 aromatic rings. The summed E-state index contributed by atoms with van der Waals surface area (Å²) in [4.78, 5) is 7.22. The molecule has 1 atom stereocenters. The zero-order valence-corrected chi connectivity index (χ0v) is 17.4. The van der Waals surface area contributed by atoms with Crippen molar-refractivity contribution in [2.75, 3.05) is 46.0 Å². The maximum Gasteiger partial charge on any atom is 0.194 e. The number of ether oxygens (including phenoxy) is 2. The van der Waals surface area contributed by atoms with Gasteiger partial charge < -0.3 is 19.7 Å². The van der Waals surface area contributed by atoms with Gasteiger partial charge in [-0.15, -0.1) is 24.0 Å². The van der Waals surface area contributed by atoms with Gasteiger partial charge in [0.25, 0.3) is 0 Å². The van der Waals surface area contributed by atoms with Crippen LogP contribution in [0.1, 0.15) is 51.9 Å². The summed E-state index contributed by atoms with van der Waals surface area (Å²) in [7, 11) is 0. The maximum atomic E-state index is 5.99. The Bertz CT molecular complexity index is 394. The molecule has 0 amide bonds. The van der Waals surface area contributed by atoms with Gasteiger partial charge in [-0.1, -0.05) is 19.3 Å². The van der Waals surface area contributed by atoms with Crippen LogP contribution in [0.2, 0.25) is 0 Å². The predicted octanol–water partition coefficient (Wildman–Crippen LogP) is 3.03. The number of nitrogens with one attached hydrogen (secondary N) is 1. The summed E-state index contributed by atoms with van der Waals surface area (Å²) in [6.07, 6.45) is 9.42. The summed E-state index contributed by atoms with van der Waals surface area (Å²) in [5.41, 5.74) is 0.384. The molecule has 3 fully saturated rings. The van der Waals surface area contributed by atoms with Crippen molar-refractivity contribution in [1.29, 1.82) is 0 Å². The highest BCUT2D eigenvalue weighted by Crippen LogP contribution is 2.38. The Morgan fingerprint density at radius 2 is 2.12 bits per heavy atom. The normalized spacial score (nSPS) is 28.4. The highest BCUT2D eigenvalue weighted by atomic mass is 127. The fourth-order valence-electron chi connectivity index (χ4n) is 4.12. The molecule has 0 bridgehead atoms. The van der Waals surface area contributed by atoms with Gasteiger partial charge in [0.2, 0.25) is 0 Å². The van der Waals surface area contributed by atoms with Crippen LogP contribution in [0.3, 0.4) is 0 Å². The molecular formula is C18H34IN3O2. The summed E-state index contributed by atoms with van der Waals surface area (Å²) in [6.45, 7) is 8.60. The smallest absolute Gasteiger partial charge is 0.194 e. The second-order valence-corrected chi connectivity index (χ2v) is 7.34. The summed E-state index contributed by atoms with van der Waals surface area (Å²) in [6, 6.07) is 0. The highest BCUT2D eigenvalue weighted by Gasteiger charge is 2.42. The van der Waals surface area contributed by atoms with Crippen molar-refractivity contribution in [1.82, 2.24) is 10.2 Å². The van der Waals surface area contributed by atoms with Crippen molar-refractivity contribution in [3.8, 4) is 0 Å². The standard InChI is InChI=1S/C18H33N3O2.HI/c1-2-19-17(20-10-13-23-16-6-4-3-5-7-16)21-11-8-18(14-21)9-12-22-15-18;/h16H,2-15H2,1H3,(H,19,20);1H. The highest BCUT2D eigenvalue weighted by molar-refractivity contribution is 14.0. The number of halogens is 1. The second-order valence-electron chi connectivity index (χ2n) is 7.34. The molecule has 2 heterocycles. The van der Waals surface area contributed by atoms with E-state index in [2.05, 4.69) is 17.1 Å². The van der Waals surface area contributed by atoms with Crippen LogP contribution in [0.15, 0.2) is 4.99 Å². The van der Waals surface area contributed by atoms with E-state index in [1.807, 2.05) is 0 Å². The van der Waals surface area contributed by atoms with E-state index in [0.717, 1.165) is 52.0 Å². The molecule has 1 N–H and O–H groups in total. The molecule has 2 saturated heterocycles. The molecule has 1 unspecified atom stereocenters. The average molecular weight is 451 g/mol. The van der Waals surface area contributed by atoms with E-state index in [9.17, 15) is 0 Å². The quantitative estimate of drug-likeness (QED) is 0.302. The third-order valence-electron chi connectivity index (χ3n) is 5.52. The molecule has 3 rings (SSSR count). The monoisotopic (exact) mass is 451 g/mol. The summed E-state index contributed by atoms with van der Waals surface area (Å²) in [5, 5.41) is 3.45. The van der Waals surface area contributed by atoms with Gasteiger partial charge >= 0.3 is 0 Å². The number of hydrogen-bond acceptors (Lipinski definition) is 3. The van der Waals surface area contributed by atoms with Crippen LogP contribution in [0.5, 0.6) is 0 Å². The minimum atomic E-state index is 0. The van der Waals surface area contributed by atoms with Gasteiger partial charge in [-0.3, -0.25) is 4.99 Å². The third kappa shape index (κ3) is 5.46. The molecule has 6 heteroatoms.